The monoisotopic (exact) mass is 870 g/mol. The normalized spacial score (nSPS) is 24.3. The highest BCUT2D eigenvalue weighted by Gasteiger charge is 2.68. The third-order valence-corrected chi connectivity index (χ3v) is 15.7. The second kappa shape index (κ2) is 14.2. The molecule has 5 aromatic carbocycles. The van der Waals surface area contributed by atoms with Gasteiger partial charge in [-0.2, -0.15) is 5.10 Å². The van der Waals surface area contributed by atoms with Crippen LogP contribution in [0.15, 0.2) is 127 Å². The number of benzene rings is 5. The highest BCUT2D eigenvalue weighted by Crippen LogP contribution is 2.64. The number of hydrogen-bond acceptors (Lipinski definition) is 8. The molecule has 6 atom stereocenters. The van der Waals surface area contributed by atoms with E-state index in [2.05, 4.69) is 0 Å². The fraction of sp³-hybridized carbons (Fsp3) is 0.216. The summed E-state index contributed by atoms with van der Waals surface area (Å²) in [5, 5.41) is 18.8. The molecule has 63 heavy (non-hydrogen) atoms. The summed E-state index contributed by atoms with van der Waals surface area (Å²) in [4.78, 5) is 76.5. The summed E-state index contributed by atoms with van der Waals surface area (Å²) in [7, 11) is 1.72. The number of aromatic hydroxyl groups is 1. The van der Waals surface area contributed by atoms with Crippen molar-refractivity contribution < 1.29 is 29.1 Å². The number of aryl methyl sites for hydroxylation is 2. The number of allylic oxidation sites excluding steroid dienone is 2. The molecule has 1 saturated carbocycles. The molecule has 10 nitrogen and oxygen atoms in total. The van der Waals surface area contributed by atoms with Gasteiger partial charge in [-0.15, -0.1) is 11.3 Å². The van der Waals surface area contributed by atoms with Crippen LogP contribution >= 0.6 is 22.9 Å². The van der Waals surface area contributed by atoms with Gasteiger partial charge in [-0.25, -0.2) is 4.90 Å². The van der Waals surface area contributed by atoms with Crippen LogP contribution in [0.4, 0.5) is 11.5 Å². The predicted molar refractivity (Wildman–Crippen MR) is 243 cm³/mol. The number of amides is 4. The van der Waals surface area contributed by atoms with Gasteiger partial charge < -0.3 is 5.11 Å². The quantitative estimate of drug-likeness (QED) is 0.100. The number of rotatable bonds is 6. The SMILES string of the molecule is Cc1c(-c2cc(N3C(=O)C4CC5C(=CCC6C(=O)N(c7ccc(C(=O)c8ccccc8)cc7)C(=O)C65)C(c5ccc(O)c6ccccc56)C4(C)C3=O)n(C)n2)sc2ccc(Cl)cc12. The fourth-order valence-electron chi connectivity index (χ4n) is 11.1. The molecule has 2 aromatic heterocycles. The standard InChI is InChI=1S/C51H39ClN4O6S/c1-26-36-23-29(52)15-22-41(36)63-46(26)39-25-42(54(3)53-39)56-48(60)38-24-37-34(44(51(38,2)50(56)62)33-20-21-40(57)32-12-8-7-11-31(32)33)18-19-35-43(37)49(61)55(47(35)59)30-16-13-28(14-17-30)45(58)27-9-5-4-6-10-27/h4-18,20-23,25,35,37-38,43-44,57H,19,24H2,1-3H3. The van der Waals surface area contributed by atoms with Gasteiger partial charge in [0.05, 0.1) is 33.7 Å². The van der Waals surface area contributed by atoms with E-state index in [4.69, 9.17) is 16.7 Å². The molecule has 2 aliphatic heterocycles. The van der Waals surface area contributed by atoms with Gasteiger partial charge in [0.25, 0.3) is 0 Å². The molecule has 4 heterocycles. The molecule has 7 aromatic rings. The Balaban J connectivity index is 1.00. The Bertz CT molecular complexity index is 3190. The van der Waals surface area contributed by atoms with Crippen LogP contribution in [0.25, 0.3) is 31.4 Å². The van der Waals surface area contributed by atoms with Crippen molar-refractivity contribution >= 4 is 84.7 Å². The Morgan fingerprint density at radius 1 is 0.794 bits per heavy atom. The van der Waals surface area contributed by atoms with Crippen molar-refractivity contribution in [1.29, 1.82) is 0 Å². The third kappa shape index (κ3) is 5.62. The zero-order valence-corrected chi connectivity index (χ0v) is 36.0. The first-order chi connectivity index (χ1) is 30.4. The lowest BCUT2D eigenvalue weighted by atomic mass is 9.51. The van der Waals surface area contributed by atoms with Gasteiger partial charge in [-0.1, -0.05) is 83.9 Å². The van der Waals surface area contributed by atoms with Crippen molar-refractivity contribution in [2.45, 2.75) is 32.6 Å². The molecular formula is C51H39ClN4O6S. The Kier molecular flexibility index (Phi) is 8.81. The van der Waals surface area contributed by atoms with Crippen molar-refractivity contribution in [3.05, 3.63) is 154 Å². The Morgan fingerprint density at radius 2 is 1.51 bits per heavy atom. The lowest BCUT2D eigenvalue weighted by Crippen LogP contribution is -2.49. The van der Waals surface area contributed by atoms with E-state index in [-0.39, 0.29) is 42.1 Å². The van der Waals surface area contributed by atoms with E-state index in [1.54, 1.807) is 83.7 Å². The maximum atomic E-state index is 15.4. The molecule has 11 rings (SSSR count). The lowest BCUT2D eigenvalue weighted by molar-refractivity contribution is -0.131. The molecule has 2 aliphatic carbocycles. The number of imide groups is 2. The van der Waals surface area contributed by atoms with Crippen LogP contribution < -0.4 is 9.80 Å². The Morgan fingerprint density at radius 3 is 2.27 bits per heavy atom. The number of nitrogens with zero attached hydrogens (tertiary/aromatic N) is 4. The van der Waals surface area contributed by atoms with Crippen LogP contribution in [0.1, 0.15) is 52.7 Å². The maximum Gasteiger partial charge on any atom is 0.242 e. The number of phenolic OH excluding ortho intramolecular Hbond substituents is 1. The average Bonchev–Trinajstić information content (AvgIpc) is 3.97. The number of thiophene rings is 1. The highest BCUT2D eigenvalue weighted by atomic mass is 35.5. The van der Waals surface area contributed by atoms with E-state index in [1.165, 1.54) is 9.80 Å². The first-order valence-electron chi connectivity index (χ1n) is 21.0. The molecule has 0 radical (unpaired) electrons. The zero-order chi connectivity index (χ0) is 43.6. The predicted octanol–water partition coefficient (Wildman–Crippen LogP) is 9.79. The third-order valence-electron chi connectivity index (χ3n) is 14.2. The van der Waals surface area contributed by atoms with Gasteiger partial charge in [0.1, 0.15) is 17.3 Å². The summed E-state index contributed by atoms with van der Waals surface area (Å²) in [6, 6.07) is 33.9. The first-order valence-corrected chi connectivity index (χ1v) is 22.2. The first kappa shape index (κ1) is 39.2. The van der Waals surface area contributed by atoms with E-state index in [0.717, 1.165) is 37.0 Å². The van der Waals surface area contributed by atoms with Gasteiger partial charge in [0.2, 0.25) is 23.6 Å². The summed E-state index contributed by atoms with van der Waals surface area (Å²) in [6.45, 7) is 3.87. The fourth-order valence-corrected chi connectivity index (χ4v) is 12.4. The summed E-state index contributed by atoms with van der Waals surface area (Å²) >= 11 is 7.92. The molecule has 4 aliphatic rings. The molecular weight excluding hydrogens is 832 g/mol. The molecule has 312 valence electrons. The number of carbonyl (C=O) groups excluding carboxylic acids is 5. The van der Waals surface area contributed by atoms with Crippen molar-refractivity contribution in [2.75, 3.05) is 9.80 Å². The van der Waals surface area contributed by atoms with Crippen molar-refractivity contribution in [3.8, 4) is 16.3 Å². The molecule has 3 fully saturated rings. The minimum atomic E-state index is -1.31. The maximum absolute atomic E-state index is 15.4. The summed E-state index contributed by atoms with van der Waals surface area (Å²) in [5.74, 6) is -4.79. The summed E-state index contributed by atoms with van der Waals surface area (Å²) in [5.41, 5.74) is 3.23. The molecule has 4 amide bonds. The summed E-state index contributed by atoms with van der Waals surface area (Å²) < 4.78 is 2.61. The van der Waals surface area contributed by atoms with Gasteiger partial charge in [-0.05, 0) is 103 Å². The smallest absolute Gasteiger partial charge is 0.242 e. The van der Waals surface area contributed by atoms with E-state index in [0.29, 0.717) is 38.7 Å². The van der Waals surface area contributed by atoms with Gasteiger partial charge in [0.15, 0.2) is 5.78 Å². The molecule has 1 N–H and O–H groups in total. The second-order valence-electron chi connectivity index (χ2n) is 17.3. The Hall–Kier alpha value is -6.69. The average molecular weight is 871 g/mol. The Labute approximate surface area is 371 Å². The minimum Gasteiger partial charge on any atom is -0.507 e. The summed E-state index contributed by atoms with van der Waals surface area (Å²) in [6.07, 6.45) is 2.47. The van der Waals surface area contributed by atoms with Crippen LogP contribution in [-0.2, 0) is 26.2 Å². The van der Waals surface area contributed by atoms with E-state index >= 15 is 9.59 Å². The zero-order valence-electron chi connectivity index (χ0n) is 34.4. The molecule has 2 saturated heterocycles. The number of aromatic nitrogens is 2. The minimum absolute atomic E-state index is 0.0847. The highest BCUT2D eigenvalue weighted by molar-refractivity contribution is 7.22. The van der Waals surface area contributed by atoms with E-state index in [9.17, 15) is 19.5 Å². The van der Waals surface area contributed by atoms with E-state index in [1.807, 2.05) is 74.5 Å². The van der Waals surface area contributed by atoms with Crippen LogP contribution in [0, 0.1) is 36.0 Å². The molecule has 0 spiro atoms. The van der Waals surface area contributed by atoms with Crippen LogP contribution in [0.3, 0.4) is 0 Å². The van der Waals surface area contributed by atoms with Gasteiger partial charge in [0, 0.05) is 45.3 Å². The molecule has 6 unspecified atom stereocenters. The number of phenols is 1. The van der Waals surface area contributed by atoms with Crippen molar-refractivity contribution in [2.24, 2.45) is 36.1 Å². The van der Waals surface area contributed by atoms with Crippen molar-refractivity contribution in [3.63, 3.8) is 0 Å². The van der Waals surface area contributed by atoms with Crippen LogP contribution in [0.5, 0.6) is 5.75 Å². The lowest BCUT2D eigenvalue weighted by Gasteiger charge is -2.49. The van der Waals surface area contributed by atoms with Gasteiger partial charge >= 0.3 is 0 Å². The number of ketones is 1. The molecule has 0 bridgehead atoms. The number of hydrogen-bond donors (Lipinski definition) is 1. The number of anilines is 2. The largest absolute Gasteiger partial charge is 0.507 e. The van der Waals surface area contributed by atoms with Crippen LogP contribution in [0.2, 0.25) is 5.02 Å². The van der Waals surface area contributed by atoms with Gasteiger partial charge in [-0.3, -0.25) is 33.6 Å². The van der Waals surface area contributed by atoms with E-state index < -0.39 is 40.9 Å². The topological polar surface area (TPSA) is 130 Å². The number of halogens is 1. The number of fused-ring (bicyclic) bond motifs is 6. The van der Waals surface area contributed by atoms with Crippen LogP contribution in [-0.4, -0.2) is 44.3 Å². The molecule has 12 heteroatoms. The number of carbonyl (C=O) groups is 5. The second-order valence-corrected chi connectivity index (χ2v) is 18.8. The van der Waals surface area contributed by atoms with Crippen molar-refractivity contribution in [1.82, 2.24) is 9.78 Å².